The van der Waals surface area contributed by atoms with Crippen LogP contribution in [0.2, 0.25) is 0 Å². The first-order chi connectivity index (χ1) is 4.18. The van der Waals surface area contributed by atoms with E-state index in [0.29, 0.717) is 12.5 Å². The summed E-state index contributed by atoms with van der Waals surface area (Å²) >= 11 is 5.68. The van der Waals surface area contributed by atoms with Crippen LogP contribution in [0.1, 0.15) is 13.8 Å². The van der Waals surface area contributed by atoms with Gasteiger partial charge in [-0.05, 0) is 5.92 Å². The molecule has 0 aromatic heterocycles. The molecule has 0 bridgehead atoms. The fraction of sp³-hybridized carbons (Fsp3) is 0.714. The molecule has 1 nitrogen and oxygen atoms in total. The van der Waals surface area contributed by atoms with Crippen LogP contribution < -0.4 is 0 Å². The Morgan fingerprint density at radius 2 is 2.22 bits per heavy atom. The van der Waals surface area contributed by atoms with Crippen molar-refractivity contribution in [1.29, 1.82) is 0 Å². The molecule has 0 aromatic carbocycles. The molecule has 0 heterocycles. The summed E-state index contributed by atoms with van der Waals surface area (Å²) in [5.41, 5.74) is -0.249. The van der Waals surface area contributed by atoms with Crippen molar-refractivity contribution in [3.8, 4) is 12.3 Å². The number of halogens is 1. The molecule has 0 rings (SSSR count). The lowest BCUT2D eigenvalue weighted by Crippen LogP contribution is -2.12. The average Bonchev–Trinajstić information content (AvgIpc) is 1.82. The van der Waals surface area contributed by atoms with Crippen molar-refractivity contribution in [2.45, 2.75) is 19.4 Å². The number of ether oxygens (including phenoxy) is 1. The first kappa shape index (κ1) is 8.81. The molecule has 0 radical (unpaired) electrons. The summed E-state index contributed by atoms with van der Waals surface area (Å²) in [6, 6.07) is 0. The van der Waals surface area contributed by atoms with Gasteiger partial charge in [0.25, 0.3) is 0 Å². The third kappa shape index (κ3) is 4.32. The van der Waals surface area contributed by atoms with Gasteiger partial charge < -0.3 is 4.74 Å². The number of terminal acetylenes is 1. The van der Waals surface area contributed by atoms with Crippen LogP contribution in [0.25, 0.3) is 0 Å². The Balaban J connectivity index is 3.29. The van der Waals surface area contributed by atoms with Crippen molar-refractivity contribution in [3.63, 3.8) is 0 Å². The highest BCUT2D eigenvalue weighted by atomic mass is 35.5. The number of hydrogen-bond acceptors (Lipinski definition) is 1. The molecule has 0 aliphatic heterocycles. The molecule has 0 fully saturated rings. The Labute approximate surface area is 61.3 Å². The van der Waals surface area contributed by atoms with E-state index in [1.54, 1.807) is 0 Å². The van der Waals surface area contributed by atoms with Crippen LogP contribution in [0.4, 0.5) is 0 Å². The zero-order valence-corrected chi connectivity index (χ0v) is 6.48. The van der Waals surface area contributed by atoms with Crippen LogP contribution in [0.3, 0.4) is 0 Å². The standard InChI is InChI=1S/C7H11ClO/c1-4-5-9-7(8)6(2)3/h1,6-7H,5H2,2-3H3/t7-/m0/s1. The number of rotatable bonds is 3. The fourth-order valence-corrected chi connectivity index (χ4v) is 0.383. The minimum absolute atomic E-state index is 0.249. The van der Waals surface area contributed by atoms with Crippen molar-refractivity contribution in [3.05, 3.63) is 0 Å². The summed E-state index contributed by atoms with van der Waals surface area (Å²) in [6.45, 7) is 4.26. The maximum Gasteiger partial charge on any atom is 0.134 e. The van der Waals surface area contributed by atoms with Crippen LogP contribution in [0.15, 0.2) is 0 Å². The molecule has 0 aliphatic rings. The monoisotopic (exact) mass is 146 g/mol. The molecule has 0 aliphatic carbocycles. The van der Waals surface area contributed by atoms with Gasteiger partial charge in [0.05, 0.1) is 0 Å². The third-order valence-electron chi connectivity index (χ3n) is 0.850. The maximum atomic E-state index is 5.68. The van der Waals surface area contributed by atoms with Gasteiger partial charge in [0.1, 0.15) is 12.2 Å². The minimum Gasteiger partial charge on any atom is -0.350 e. The summed E-state index contributed by atoms with van der Waals surface area (Å²) < 4.78 is 4.98. The molecule has 0 amide bonds. The predicted octanol–water partition coefficient (Wildman–Crippen LogP) is 1.86. The average molecular weight is 147 g/mol. The van der Waals surface area contributed by atoms with E-state index in [1.807, 2.05) is 13.8 Å². The van der Waals surface area contributed by atoms with Gasteiger partial charge in [-0.25, -0.2) is 0 Å². The summed E-state index contributed by atoms with van der Waals surface area (Å²) in [5, 5.41) is 0. The van der Waals surface area contributed by atoms with Gasteiger partial charge in [-0.15, -0.1) is 6.42 Å². The van der Waals surface area contributed by atoms with E-state index in [-0.39, 0.29) is 5.56 Å². The molecule has 2 heteroatoms. The van der Waals surface area contributed by atoms with E-state index in [0.717, 1.165) is 0 Å². The van der Waals surface area contributed by atoms with Crippen molar-refractivity contribution in [2.24, 2.45) is 5.92 Å². The number of alkyl halides is 1. The first-order valence-electron chi connectivity index (χ1n) is 2.87. The van der Waals surface area contributed by atoms with Crippen molar-refractivity contribution >= 4 is 11.6 Å². The zero-order chi connectivity index (χ0) is 7.28. The van der Waals surface area contributed by atoms with E-state index in [9.17, 15) is 0 Å². The van der Waals surface area contributed by atoms with Gasteiger partial charge in [-0.3, -0.25) is 0 Å². The van der Waals surface area contributed by atoms with Crippen molar-refractivity contribution < 1.29 is 4.74 Å². The highest BCUT2D eigenvalue weighted by Crippen LogP contribution is 2.09. The van der Waals surface area contributed by atoms with Crippen LogP contribution in [0, 0.1) is 18.3 Å². The van der Waals surface area contributed by atoms with Gasteiger partial charge in [0.15, 0.2) is 0 Å². The molecular weight excluding hydrogens is 136 g/mol. The van der Waals surface area contributed by atoms with Crippen LogP contribution in [-0.4, -0.2) is 12.2 Å². The Hall–Kier alpha value is -0.190. The Kier molecular flexibility index (Phi) is 4.57. The largest absolute Gasteiger partial charge is 0.350 e. The highest BCUT2D eigenvalue weighted by molar-refractivity contribution is 6.19. The Morgan fingerprint density at radius 1 is 1.67 bits per heavy atom. The lowest BCUT2D eigenvalue weighted by molar-refractivity contribution is 0.105. The van der Waals surface area contributed by atoms with E-state index >= 15 is 0 Å². The molecule has 0 saturated heterocycles. The SMILES string of the molecule is C#CCO[C@H](Cl)C(C)C. The maximum absolute atomic E-state index is 5.68. The molecule has 0 spiro atoms. The topological polar surface area (TPSA) is 9.23 Å². The normalized spacial score (nSPS) is 13.2. The second-order valence-corrected chi connectivity index (χ2v) is 2.54. The summed E-state index contributed by atoms with van der Waals surface area (Å²) in [5.74, 6) is 2.67. The Morgan fingerprint density at radius 3 is 2.56 bits per heavy atom. The smallest absolute Gasteiger partial charge is 0.134 e. The summed E-state index contributed by atoms with van der Waals surface area (Å²) in [6.07, 6.45) is 4.94. The molecule has 0 unspecified atom stereocenters. The van der Waals surface area contributed by atoms with Crippen LogP contribution in [-0.2, 0) is 4.74 Å². The molecule has 52 valence electrons. The van der Waals surface area contributed by atoms with Gasteiger partial charge in [0, 0.05) is 0 Å². The van der Waals surface area contributed by atoms with Crippen molar-refractivity contribution in [1.82, 2.24) is 0 Å². The summed E-state index contributed by atoms with van der Waals surface area (Å²) in [7, 11) is 0. The van der Waals surface area contributed by atoms with Crippen LogP contribution >= 0.6 is 11.6 Å². The molecule has 1 atom stereocenters. The lowest BCUT2D eigenvalue weighted by Gasteiger charge is -2.11. The van der Waals surface area contributed by atoms with Gasteiger partial charge in [0.2, 0.25) is 0 Å². The van der Waals surface area contributed by atoms with E-state index in [1.165, 1.54) is 0 Å². The third-order valence-corrected chi connectivity index (χ3v) is 1.48. The molecule has 0 N–H and O–H groups in total. The van der Waals surface area contributed by atoms with E-state index in [4.69, 9.17) is 22.8 Å². The molecular formula is C7H11ClO. The summed E-state index contributed by atoms with van der Waals surface area (Å²) in [4.78, 5) is 0. The van der Waals surface area contributed by atoms with E-state index < -0.39 is 0 Å². The van der Waals surface area contributed by atoms with E-state index in [2.05, 4.69) is 5.92 Å². The Bertz CT molecular complexity index is 104. The second kappa shape index (κ2) is 4.67. The highest BCUT2D eigenvalue weighted by Gasteiger charge is 2.07. The zero-order valence-electron chi connectivity index (χ0n) is 5.73. The second-order valence-electron chi connectivity index (χ2n) is 2.11. The minimum atomic E-state index is -0.249. The fourth-order valence-electron chi connectivity index (χ4n) is 0.320. The van der Waals surface area contributed by atoms with Gasteiger partial charge in [-0.2, -0.15) is 0 Å². The molecule has 9 heavy (non-hydrogen) atoms. The van der Waals surface area contributed by atoms with Crippen molar-refractivity contribution in [2.75, 3.05) is 6.61 Å². The van der Waals surface area contributed by atoms with Crippen LogP contribution in [0.5, 0.6) is 0 Å². The molecule has 0 aromatic rings. The van der Waals surface area contributed by atoms with Gasteiger partial charge in [-0.1, -0.05) is 31.4 Å². The number of hydrogen-bond donors (Lipinski definition) is 0. The van der Waals surface area contributed by atoms with Gasteiger partial charge >= 0.3 is 0 Å². The first-order valence-corrected chi connectivity index (χ1v) is 3.31. The quantitative estimate of drug-likeness (QED) is 0.436. The molecule has 0 saturated carbocycles. The predicted molar refractivity (Wildman–Crippen MR) is 39.3 cm³/mol. The lowest BCUT2D eigenvalue weighted by atomic mass is 10.2.